The number of hydrogen-bond acceptors (Lipinski definition) is 1. The molecule has 2 bridgehead atoms. The van der Waals surface area contributed by atoms with Gasteiger partial charge >= 0.3 is 0 Å². The van der Waals surface area contributed by atoms with E-state index in [1.54, 1.807) is 0 Å². The molecule has 2 fully saturated rings. The van der Waals surface area contributed by atoms with E-state index in [9.17, 15) is 8.78 Å². The summed E-state index contributed by atoms with van der Waals surface area (Å²) >= 11 is 5.23. The van der Waals surface area contributed by atoms with Crippen LogP contribution in [0.4, 0.5) is 14.5 Å². The number of rotatable bonds is 2. The minimum Gasteiger partial charge on any atom is -0.359 e. The molecule has 0 heterocycles. The first-order chi connectivity index (χ1) is 9.11. The van der Waals surface area contributed by atoms with Crippen LogP contribution < -0.4 is 10.6 Å². The van der Waals surface area contributed by atoms with Crippen LogP contribution in [0.3, 0.4) is 0 Å². The highest BCUT2D eigenvalue weighted by Crippen LogP contribution is 2.44. The van der Waals surface area contributed by atoms with E-state index < -0.39 is 11.6 Å². The fourth-order valence-electron chi connectivity index (χ4n) is 3.33. The monoisotopic (exact) mass is 282 g/mol. The van der Waals surface area contributed by atoms with Crippen LogP contribution in [-0.4, -0.2) is 11.2 Å². The zero-order valence-corrected chi connectivity index (χ0v) is 11.3. The van der Waals surface area contributed by atoms with Crippen molar-refractivity contribution < 1.29 is 8.78 Å². The maximum Gasteiger partial charge on any atom is 0.171 e. The third kappa shape index (κ3) is 2.71. The summed E-state index contributed by atoms with van der Waals surface area (Å²) in [5, 5.41) is 6.70. The predicted octanol–water partition coefficient (Wildman–Crippen LogP) is 3.44. The quantitative estimate of drug-likeness (QED) is 0.813. The highest BCUT2D eigenvalue weighted by atomic mass is 32.1. The zero-order valence-electron chi connectivity index (χ0n) is 10.5. The van der Waals surface area contributed by atoms with Gasteiger partial charge in [-0.05, 0) is 55.4 Å². The van der Waals surface area contributed by atoms with Gasteiger partial charge in [0, 0.05) is 17.8 Å². The summed E-state index contributed by atoms with van der Waals surface area (Å²) in [6.07, 6.45) is 5.08. The van der Waals surface area contributed by atoms with Crippen molar-refractivity contribution in [2.45, 2.75) is 31.7 Å². The molecule has 2 N–H and O–H groups in total. The third-order valence-electron chi connectivity index (χ3n) is 4.23. The maximum absolute atomic E-state index is 13.1. The average Bonchev–Trinajstić information content (AvgIpc) is 2.96. The molecule has 0 saturated heterocycles. The van der Waals surface area contributed by atoms with E-state index in [1.165, 1.54) is 31.7 Å². The van der Waals surface area contributed by atoms with Gasteiger partial charge in [-0.1, -0.05) is 6.42 Å². The molecule has 3 atom stereocenters. The topological polar surface area (TPSA) is 24.1 Å². The lowest BCUT2D eigenvalue weighted by Gasteiger charge is -2.24. The van der Waals surface area contributed by atoms with E-state index in [0.717, 1.165) is 24.0 Å². The molecule has 2 saturated carbocycles. The van der Waals surface area contributed by atoms with E-state index in [0.29, 0.717) is 16.8 Å². The van der Waals surface area contributed by atoms with Crippen molar-refractivity contribution in [1.29, 1.82) is 0 Å². The number of benzene rings is 1. The maximum atomic E-state index is 13.1. The Kier molecular flexibility index (Phi) is 3.39. The Morgan fingerprint density at radius 3 is 2.63 bits per heavy atom. The van der Waals surface area contributed by atoms with Gasteiger partial charge in [-0.3, -0.25) is 0 Å². The lowest BCUT2D eigenvalue weighted by atomic mass is 9.96. The molecule has 5 heteroatoms. The van der Waals surface area contributed by atoms with Gasteiger partial charge in [0.05, 0.1) is 0 Å². The van der Waals surface area contributed by atoms with Gasteiger partial charge < -0.3 is 10.6 Å². The molecule has 0 aliphatic heterocycles. The molecule has 0 unspecified atom stereocenters. The van der Waals surface area contributed by atoms with Gasteiger partial charge in [0.15, 0.2) is 16.7 Å². The fourth-order valence-corrected chi connectivity index (χ4v) is 3.60. The number of thiocarbonyl (C=S) groups is 1. The van der Waals surface area contributed by atoms with Gasteiger partial charge in [0.2, 0.25) is 0 Å². The molecule has 2 aliphatic carbocycles. The Labute approximate surface area is 116 Å². The van der Waals surface area contributed by atoms with Crippen molar-refractivity contribution in [3.63, 3.8) is 0 Å². The predicted molar refractivity (Wildman–Crippen MR) is 75.0 cm³/mol. The molecule has 0 aromatic heterocycles. The van der Waals surface area contributed by atoms with Crippen LogP contribution in [0.5, 0.6) is 0 Å². The summed E-state index contributed by atoms with van der Waals surface area (Å²) in [5.41, 5.74) is 0.472. The summed E-state index contributed by atoms with van der Waals surface area (Å²) in [5.74, 6) is -0.159. The highest BCUT2D eigenvalue weighted by Gasteiger charge is 2.39. The Morgan fingerprint density at radius 1 is 1.16 bits per heavy atom. The summed E-state index contributed by atoms with van der Waals surface area (Å²) in [7, 11) is 0. The molecule has 0 spiro atoms. The van der Waals surface area contributed by atoms with Crippen LogP contribution in [0, 0.1) is 23.5 Å². The molecule has 19 heavy (non-hydrogen) atoms. The fraction of sp³-hybridized carbons (Fsp3) is 0.500. The second kappa shape index (κ2) is 5.04. The first-order valence-corrected chi connectivity index (χ1v) is 7.05. The van der Waals surface area contributed by atoms with Crippen LogP contribution in [0.1, 0.15) is 25.7 Å². The normalized spacial score (nSPS) is 28.4. The van der Waals surface area contributed by atoms with Gasteiger partial charge in [-0.25, -0.2) is 8.78 Å². The van der Waals surface area contributed by atoms with Crippen LogP contribution in [0.15, 0.2) is 18.2 Å². The SMILES string of the molecule is Fc1ccc(NC(=S)N[C@@H]2C[C@H]3CC[C@@H]2C3)cc1F. The number of fused-ring (bicyclic) bond motifs is 2. The van der Waals surface area contributed by atoms with Crippen molar-refractivity contribution in [2.75, 3.05) is 5.32 Å². The first kappa shape index (κ1) is 12.8. The van der Waals surface area contributed by atoms with Crippen molar-refractivity contribution in [1.82, 2.24) is 5.32 Å². The van der Waals surface area contributed by atoms with Gasteiger partial charge in [0.1, 0.15) is 0 Å². The average molecular weight is 282 g/mol. The zero-order chi connectivity index (χ0) is 13.4. The molecule has 3 rings (SSSR count). The molecule has 1 aromatic carbocycles. The summed E-state index contributed by atoms with van der Waals surface area (Å²) in [4.78, 5) is 0. The van der Waals surface area contributed by atoms with Crippen molar-refractivity contribution >= 4 is 23.0 Å². The molecule has 1 aromatic rings. The van der Waals surface area contributed by atoms with Crippen molar-refractivity contribution in [2.24, 2.45) is 11.8 Å². The third-order valence-corrected chi connectivity index (χ3v) is 4.45. The van der Waals surface area contributed by atoms with E-state index in [2.05, 4.69) is 10.6 Å². The number of halogens is 2. The van der Waals surface area contributed by atoms with E-state index in [1.807, 2.05) is 0 Å². The Balaban J connectivity index is 1.57. The minimum absolute atomic E-state index is 0.434. The molecular weight excluding hydrogens is 266 g/mol. The standard InChI is InChI=1S/C14H16F2N2S/c15-11-4-3-10(7-12(11)16)17-14(19)18-13-6-8-1-2-9(13)5-8/h3-4,7-9,13H,1-2,5-6H2,(H2,17,18,19)/t8-,9+,13+/m0/s1. The number of hydrogen-bond donors (Lipinski definition) is 2. The van der Waals surface area contributed by atoms with Crippen LogP contribution in [-0.2, 0) is 0 Å². The molecule has 2 aliphatic rings. The van der Waals surface area contributed by atoms with Gasteiger partial charge in [0.25, 0.3) is 0 Å². The summed E-state index contributed by atoms with van der Waals surface area (Å²) in [6.45, 7) is 0. The molecule has 0 amide bonds. The molecule has 102 valence electrons. The highest BCUT2D eigenvalue weighted by molar-refractivity contribution is 7.80. The Hall–Kier alpha value is -1.23. The van der Waals surface area contributed by atoms with E-state index in [4.69, 9.17) is 12.2 Å². The number of nitrogens with one attached hydrogen (secondary N) is 2. The van der Waals surface area contributed by atoms with E-state index >= 15 is 0 Å². The lowest BCUT2D eigenvalue weighted by Crippen LogP contribution is -2.40. The van der Waals surface area contributed by atoms with Crippen molar-refractivity contribution in [3.8, 4) is 0 Å². The lowest BCUT2D eigenvalue weighted by molar-refractivity contribution is 0.392. The first-order valence-electron chi connectivity index (χ1n) is 6.64. The van der Waals surface area contributed by atoms with Gasteiger partial charge in [-0.2, -0.15) is 0 Å². The summed E-state index contributed by atoms with van der Waals surface area (Å²) < 4.78 is 25.9. The van der Waals surface area contributed by atoms with E-state index in [-0.39, 0.29) is 0 Å². The molecule has 0 radical (unpaired) electrons. The van der Waals surface area contributed by atoms with Crippen molar-refractivity contribution in [3.05, 3.63) is 29.8 Å². The molecular formula is C14H16F2N2S. The second-order valence-electron chi connectivity index (χ2n) is 5.51. The van der Waals surface area contributed by atoms with Crippen LogP contribution in [0.2, 0.25) is 0 Å². The summed E-state index contributed by atoms with van der Waals surface area (Å²) in [6, 6.07) is 4.12. The smallest absolute Gasteiger partial charge is 0.171 e. The van der Waals surface area contributed by atoms with Crippen LogP contribution in [0.25, 0.3) is 0 Å². The van der Waals surface area contributed by atoms with Gasteiger partial charge in [-0.15, -0.1) is 0 Å². The Bertz CT molecular complexity index is 506. The largest absolute Gasteiger partial charge is 0.359 e. The molecule has 2 nitrogen and oxygen atoms in total. The Morgan fingerprint density at radius 2 is 2.00 bits per heavy atom. The minimum atomic E-state index is -0.868. The van der Waals surface area contributed by atoms with Crippen LogP contribution >= 0.6 is 12.2 Å². The second-order valence-corrected chi connectivity index (χ2v) is 5.92. The number of anilines is 1.